The number of carbonyl (C=O) groups is 1. The van der Waals surface area contributed by atoms with E-state index in [-0.39, 0.29) is 5.91 Å². The number of hydrogen-bond acceptors (Lipinski definition) is 4. The second-order valence-electron chi connectivity index (χ2n) is 9.72. The first-order valence-corrected chi connectivity index (χ1v) is 11.8. The zero-order chi connectivity index (χ0) is 20.5. The lowest BCUT2D eigenvalue weighted by Gasteiger charge is -2.38. The van der Waals surface area contributed by atoms with Crippen molar-refractivity contribution in [1.29, 1.82) is 0 Å². The van der Waals surface area contributed by atoms with Crippen molar-refractivity contribution in [3.05, 3.63) is 29.8 Å². The smallest absolute Gasteiger partial charge is 0.224 e. The third kappa shape index (κ3) is 4.18. The number of nitrogens with one attached hydrogen (secondary N) is 2. The first-order valence-electron chi connectivity index (χ1n) is 11.8. The van der Waals surface area contributed by atoms with Gasteiger partial charge in [-0.2, -0.15) is 0 Å². The number of carbonyl (C=O) groups excluding carboxylic acids is 1. The summed E-state index contributed by atoms with van der Waals surface area (Å²) in [7, 11) is 0. The van der Waals surface area contributed by atoms with E-state index in [0.29, 0.717) is 12.3 Å². The number of aryl methyl sites for hydroxylation is 1. The molecule has 5 rings (SSSR count). The molecule has 2 saturated carbocycles. The number of aromatic nitrogens is 1. The Bertz CT molecular complexity index is 909. The first-order chi connectivity index (χ1) is 14.7. The Balaban J connectivity index is 1.31. The maximum absolute atomic E-state index is 13.0. The van der Waals surface area contributed by atoms with Gasteiger partial charge >= 0.3 is 0 Å². The van der Waals surface area contributed by atoms with Crippen LogP contribution in [0.1, 0.15) is 50.5 Å². The summed E-state index contributed by atoms with van der Waals surface area (Å²) in [6, 6.07) is 8.39. The Hall–Kier alpha value is -2.14. The highest BCUT2D eigenvalue weighted by Gasteiger charge is 2.32. The van der Waals surface area contributed by atoms with Gasteiger partial charge in [-0.3, -0.25) is 4.79 Å². The number of amides is 1. The largest absolute Gasteiger partial charge is 0.354 e. The summed E-state index contributed by atoms with van der Waals surface area (Å²) < 4.78 is 0. The average molecular weight is 407 g/mol. The lowest BCUT2D eigenvalue weighted by molar-refractivity contribution is -0.117. The van der Waals surface area contributed by atoms with Gasteiger partial charge in [-0.15, -0.1) is 0 Å². The van der Waals surface area contributed by atoms with Gasteiger partial charge in [-0.25, -0.2) is 4.98 Å². The fraction of sp³-hybridized carbons (Fsp3) is 0.600. The van der Waals surface area contributed by atoms with Crippen LogP contribution in [0.3, 0.4) is 0 Å². The van der Waals surface area contributed by atoms with Crippen LogP contribution < -0.4 is 15.5 Å². The molecule has 0 radical (unpaired) electrons. The molecule has 2 aliphatic carbocycles. The van der Waals surface area contributed by atoms with Crippen LogP contribution in [0.4, 0.5) is 11.5 Å². The zero-order valence-corrected chi connectivity index (χ0v) is 18.1. The molecule has 1 aromatic carbocycles. The van der Waals surface area contributed by atoms with E-state index in [2.05, 4.69) is 46.7 Å². The van der Waals surface area contributed by atoms with Gasteiger partial charge in [-0.05, 0) is 67.7 Å². The summed E-state index contributed by atoms with van der Waals surface area (Å²) in [4.78, 5) is 20.2. The maximum Gasteiger partial charge on any atom is 0.224 e. The second-order valence-corrected chi connectivity index (χ2v) is 9.72. The molecule has 5 heteroatoms. The van der Waals surface area contributed by atoms with E-state index in [0.717, 1.165) is 66.0 Å². The number of benzene rings is 1. The number of pyridine rings is 1. The van der Waals surface area contributed by atoms with Crippen molar-refractivity contribution in [2.45, 2.75) is 51.9 Å². The molecule has 1 saturated heterocycles. The van der Waals surface area contributed by atoms with Crippen LogP contribution >= 0.6 is 0 Å². The topological polar surface area (TPSA) is 57.3 Å². The van der Waals surface area contributed by atoms with Crippen molar-refractivity contribution in [3.8, 4) is 0 Å². The summed E-state index contributed by atoms with van der Waals surface area (Å²) in [5.41, 5.74) is 3.00. The minimum absolute atomic E-state index is 0.168. The normalized spacial score (nSPS) is 26.6. The van der Waals surface area contributed by atoms with Gasteiger partial charge < -0.3 is 15.5 Å². The maximum atomic E-state index is 13.0. The van der Waals surface area contributed by atoms with Crippen LogP contribution in [0.5, 0.6) is 0 Å². The Morgan fingerprint density at radius 2 is 1.87 bits per heavy atom. The van der Waals surface area contributed by atoms with Crippen LogP contribution in [-0.4, -0.2) is 37.1 Å². The van der Waals surface area contributed by atoms with E-state index in [1.165, 1.54) is 38.5 Å². The predicted molar refractivity (Wildman–Crippen MR) is 123 cm³/mol. The highest BCUT2D eigenvalue weighted by Crippen LogP contribution is 2.43. The summed E-state index contributed by atoms with van der Waals surface area (Å²) >= 11 is 0. The third-order valence-corrected chi connectivity index (χ3v) is 7.47. The quantitative estimate of drug-likeness (QED) is 0.785. The molecular weight excluding hydrogens is 372 g/mol. The van der Waals surface area contributed by atoms with Crippen LogP contribution in [0.15, 0.2) is 24.3 Å². The fourth-order valence-corrected chi connectivity index (χ4v) is 6.03. The molecule has 3 fully saturated rings. The van der Waals surface area contributed by atoms with E-state index in [1.54, 1.807) is 0 Å². The molecule has 5 nitrogen and oxygen atoms in total. The Kier molecular flexibility index (Phi) is 5.64. The average Bonchev–Trinajstić information content (AvgIpc) is 2.76. The number of piperazine rings is 1. The van der Waals surface area contributed by atoms with Gasteiger partial charge in [0.2, 0.25) is 5.91 Å². The third-order valence-electron chi connectivity index (χ3n) is 7.47. The van der Waals surface area contributed by atoms with Crippen molar-refractivity contribution >= 4 is 28.3 Å². The molecular formula is C25H34N4O. The number of fused-ring (bicyclic) bond motifs is 3. The van der Waals surface area contributed by atoms with Gasteiger partial charge in [0.05, 0.1) is 11.2 Å². The molecule has 2 aromatic rings. The van der Waals surface area contributed by atoms with Crippen molar-refractivity contribution in [2.75, 3.05) is 36.4 Å². The molecule has 1 aromatic heterocycles. The molecule has 160 valence electrons. The van der Waals surface area contributed by atoms with Gasteiger partial charge in [0, 0.05) is 38.0 Å². The van der Waals surface area contributed by atoms with E-state index in [1.807, 2.05) is 0 Å². The van der Waals surface area contributed by atoms with Crippen LogP contribution in [0, 0.1) is 24.7 Å². The zero-order valence-electron chi connectivity index (χ0n) is 18.1. The number of anilines is 2. The SMILES string of the molecule is Cc1ccc2nc(N3CCNCC3)ccc2c1NC(=O)CC1CC2CCCC(C2)C1. The Labute approximate surface area is 179 Å². The van der Waals surface area contributed by atoms with Crippen LogP contribution in [0.25, 0.3) is 10.9 Å². The van der Waals surface area contributed by atoms with Crippen LogP contribution in [-0.2, 0) is 4.79 Å². The molecule has 3 aliphatic rings. The number of hydrogen-bond donors (Lipinski definition) is 2. The van der Waals surface area contributed by atoms with Gasteiger partial charge in [0.1, 0.15) is 5.82 Å². The minimum Gasteiger partial charge on any atom is -0.354 e. The van der Waals surface area contributed by atoms with Gasteiger partial charge in [0.15, 0.2) is 0 Å². The van der Waals surface area contributed by atoms with Crippen molar-refractivity contribution in [2.24, 2.45) is 17.8 Å². The molecule has 2 heterocycles. The molecule has 2 atom stereocenters. The predicted octanol–water partition coefficient (Wildman–Crippen LogP) is 4.50. The Morgan fingerprint density at radius 3 is 2.63 bits per heavy atom. The summed E-state index contributed by atoms with van der Waals surface area (Å²) in [5.74, 6) is 3.48. The highest BCUT2D eigenvalue weighted by atomic mass is 16.1. The molecule has 2 N–H and O–H groups in total. The van der Waals surface area contributed by atoms with E-state index >= 15 is 0 Å². The van der Waals surface area contributed by atoms with Gasteiger partial charge in [0.25, 0.3) is 0 Å². The Morgan fingerprint density at radius 1 is 1.10 bits per heavy atom. The van der Waals surface area contributed by atoms with Crippen molar-refractivity contribution < 1.29 is 4.79 Å². The molecule has 0 spiro atoms. The minimum atomic E-state index is 0.168. The number of nitrogens with zero attached hydrogens (tertiary/aromatic N) is 2. The molecule has 30 heavy (non-hydrogen) atoms. The lowest BCUT2D eigenvalue weighted by Crippen LogP contribution is -2.43. The highest BCUT2D eigenvalue weighted by molar-refractivity contribution is 6.02. The monoisotopic (exact) mass is 406 g/mol. The summed E-state index contributed by atoms with van der Waals surface area (Å²) in [6.45, 7) is 6.04. The molecule has 1 amide bonds. The molecule has 1 aliphatic heterocycles. The number of rotatable bonds is 4. The standard InChI is InChI=1S/C25H34N4O/c1-17-5-7-22-21(6-8-23(27-22)29-11-9-26-10-12-29)25(17)28-24(30)16-20-14-18-3-2-4-19(13-18)15-20/h5-8,18-20,26H,2-4,9-16H2,1H3,(H,28,30). The fourth-order valence-electron chi connectivity index (χ4n) is 6.03. The van der Waals surface area contributed by atoms with Crippen molar-refractivity contribution in [3.63, 3.8) is 0 Å². The first kappa shape index (κ1) is 19.8. The molecule has 2 unspecified atom stereocenters. The summed E-state index contributed by atoms with van der Waals surface area (Å²) in [6.07, 6.45) is 8.70. The molecule has 2 bridgehead atoms. The lowest BCUT2D eigenvalue weighted by atomic mass is 9.67. The van der Waals surface area contributed by atoms with Crippen molar-refractivity contribution in [1.82, 2.24) is 10.3 Å². The van der Waals surface area contributed by atoms with E-state index < -0.39 is 0 Å². The van der Waals surface area contributed by atoms with E-state index in [4.69, 9.17) is 4.98 Å². The second kappa shape index (κ2) is 8.54. The van der Waals surface area contributed by atoms with Crippen LogP contribution in [0.2, 0.25) is 0 Å². The summed E-state index contributed by atoms with van der Waals surface area (Å²) in [5, 5.41) is 7.70. The van der Waals surface area contributed by atoms with Gasteiger partial charge in [-0.1, -0.05) is 25.3 Å². The van der Waals surface area contributed by atoms with E-state index in [9.17, 15) is 4.79 Å².